The lowest BCUT2D eigenvalue weighted by Crippen LogP contribution is -2.26. The fourth-order valence-electron chi connectivity index (χ4n) is 7.49. The van der Waals surface area contributed by atoms with Crippen LogP contribution in [0.15, 0.2) is 94.1 Å². The fraction of sp³-hybridized carbons (Fsp3) is 0.304. The first-order valence-corrected chi connectivity index (χ1v) is 21.3. The molecule has 4 heterocycles. The molecule has 0 saturated heterocycles. The highest BCUT2D eigenvalue weighted by molar-refractivity contribution is 9.10. The van der Waals surface area contributed by atoms with Crippen molar-refractivity contribution in [3.63, 3.8) is 0 Å². The zero-order valence-electron chi connectivity index (χ0n) is 34.2. The number of pyridine rings is 2. The van der Waals surface area contributed by atoms with Gasteiger partial charge in [0.2, 0.25) is 11.7 Å². The monoisotopic (exact) mass is 922 g/mol. The number of hydrogen-bond acceptors (Lipinski definition) is 8. The molecule has 13 heteroatoms. The van der Waals surface area contributed by atoms with Gasteiger partial charge in [0.05, 0.1) is 69.7 Å². The molecule has 59 heavy (non-hydrogen) atoms. The summed E-state index contributed by atoms with van der Waals surface area (Å²) in [6.45, 7) is 5.64. The Hall–Kier alpha value is -5.40. The third-order valence-electron chi connectivity index (χ3n) is 10.5. The molecule has 8 rings (SSSR count). The van der Waals surface area contributed by atoms with Crippen LogP contribution in [0.5, 0.6) is 23.0 Å². The van der Waals surface area contributed by atoms with Crippen molar-refractivity contribution >= 4 is 75.7 Å². The van der Waals surface area contributed by atoms with Gasteiger partial charge < -0.3 is 33.3 Å². The van der Waals surface area contributed by atoms with Crippen molar-refractivity contribution < 1.29 is 23.7 Å². The number of hydrogen-bond donors (Lipinski definition) is 0. The zero-order chi connectivity index (χ0) is 41.6. The molecule has 0 N–H and O–H groups in total. The van der Waals surface area contributed by atoms with E-state index in [2.05, 4.69) is 78.0 Å². The predicted octanol–water partition coefficient (Wildman–Crippen LogP) is 10.7. The van der Waals surface area contributed by atoms with Gasteiger partial charge in [-0.1, -0.05) is 58.5 Å². The van der Waals surface area contributed by atoms with E-state index in [0.717, 1.165) is 131 Å². The SMILES string of the molecule is CCCCc1nc2c[n+]([O-])c3cc(Br)ccc3c2n1Cc1ccc(OC)cc1OC.CCCCc1nc2cnc3cc(Br)ccc3c2n1Cc1ccc(OC)cc1OC. The minimum absolute atomic E-state index is 0.594. The van der Waals surface area contributed by atoms with E-state index in [1.54, 1.807) is 34.6 Å². The Labute approximate surface area is 360 Å². The predicted molar refractivity (Wildman–Crippen MR) is 241 cm³/mol. The highest BCUT2D eigenvalue weighted by atomic mass is 79.9. The lowest BCUT2D eigenvalue weighted by Gasteiger charge is -2.14. The first-order valence-electron chi connectivity index (χ1n) is 19.8. The Morgan fingerprint density at radius 1 is 0.610 bits per heavy atom. The van der Waals surface area contributed by atoms with Crippen LogP contribution in [0.25, 0.3) is 43.9 Å². The number of aromatic nitrogens is 6. The summed E-state index contributed by atoms with van der Waals surface area (Å²) in [6.07, 6.45) is 9.56. The number of ether oxygens (including phenoxy) is 4. The average Bonchev–Trinajstić information content (AvgIpc) is 3.79. The zero-order valence-corrected chi connectivity index (χ0v) is 37.4. The third-order valence-corrected chi connectivity index (χ3v) is 11.5. The van der Waals surface area contributed by atoms with Gasteiger partial charge in [0.25, 0.3) is 0 Å². The maximum absolute atomic E-state index is 12.6. The minimum Gasteiger partial charge on any atom is -0.618 e. The van der Waals surface area contributed by atoms with Crippen LogP contribution in [0.3, 0.4) is 0 Å². The molecule has 11 nitrogen and oxygen atoms in total. The van der Waals surface area contributed by atoms with Gasteiger partial charge in [0.15, 0.2) is 5.52 Å². The van der Waals surface area contributed by atoms with E-state index in [1.807, 2.05) is 60.8 Å². The van der Waals surface area contributed by atoms with Crippen molar-refractivity contribution in [1.29, 1.82) is 0 Å². The Morgan fingerprint density at radius 2 is 1.14 bits per heavy atom. The molecule has 0 bridgehead atoms. The smallest absolute Gasteiger partial charge is 0.227 e. The summed E-state index contributed by atoms with van der Waals surface area (Å²) in [7, 11) is 6.66. The highest BCUT2D eigenvalue weighted by Crippen LogP contribution is 2.33. The number of benzene rings is 4. The van der Waals surface area contributed by atoms with E-state index < -0.39 is 0 Å². The molecule has 0 aliphatic carbocycles. The number of aryl methyl sites for hydroxylation is 2. The molecule has 0 radical (unpaired) electrons. The molecule has 0 fully saturated rings. The number of unbranched alkanes of at least 4 members (excludes halogenated alkanes) is 2. The molecule has 4 aromatic heterocycles. The van der Waals surface area contributed by atoms with Crippen LogP contribution in [0.4, 0.5) is 0 Å². The largest absolute Gasteiger partial charge is 0.618 e. The van der Waals surface area contributed by atoms with Crippen LogP contribution in [0.2, 0.25) is 0 Å². The number of halogens is 2. The van der Waals surface area contributed by atoms with Gasteiger partial charge in [-0.05, 0) is 67.4 Å². The third kappa shape index (κ3) is 8.82. The Morgan fingerprint density at radius 3 is 1.68 bits per heavy atom. The van der Waals surface area contributed by atoms with E-state index in [9.17, 15) is 5.21 Å². The summed E-state index contributed by atoms with van der Waals surface area (Å²) >= 11 is 7.02. The van der Waals surface area contributed by atoms with Crippen molar-refractivity contribution in [1.82, 2.24) is 24.1 Å². The lowest BCUT2D eigenvalue weighted by atomic mass is 10.1. The number of nitrogens with zero attached hydrogens (tertiary/aromatic N) is 6. The summed E-state index contributed by atoms with van der Waals surface area (Å²) in [5.41, 5.74) is 7.40. The first-order chi connectivity index (χ1) is 28.7. The van der Waals surface area contributed by atoms with Crippen LogP contribution in [-0.2, 0) is 25.9 Å². The highest BCUT2D eigenvalue weighted by Gasteiger charge is 2.21. The van der Waals surface area contributed by atoms with E-state index in [1.165, 1.54) is 0 Å². The molecule has 4 aromatic carbocycles. The van der Waals surface area contributed by atoms with Crippen molar-refractivity contribution in [2.24, 2.45) is 0 Å². The van der Waals surface area contributed by atoms with Crippen LogP contribution in [-0.4, -0.2) is 52.5 Å². The van der Waals surface area contributed by atoms with Crippen LogP contribution < -0.4 is 23.7 Å². The average molecular weight is 925 g/mol. The Kier molecular flexibility index (Phi) is 13.2. The second-order valence-electron chi connectivity index (χ2n) is 14.3. The molecular weight excluding hydrogens is 876 g/mol. The summed E-state index contributed by atoms with van der Waals surface area (Å²) in [6, 6.07) is 23.8. The molecule has 0 saturated carbocycles. The van der Waals surface area contributed by atoms with Crippen molar-refractivity contribution in [2.75, 3.05) is 28.4 Å². The summed E-state index contributed by atoms with van der Waals surface area (Å²) in [5, 5.41) is 14.6. The van der Waals surface area contributed by atoms with Gasteiger partial charge in [-0.15, -0.1) is 0 Å². The van der Waals surface area contributed by atoms with Crippen molar-refractivity contribution in [3.8, 4) is 23.0 Å². The fourth-order valence-corrected chi connectivity index (χ4v) is 8.19. The molecule has 0 atom stereocenters. The van der Waals surface area contributed by atoms with Gasteiger partial charge in [0.1, 0.15) is 40.2 Å². The van der Waals surface area contributed by atoms with Crippen LogP contribution >= 0.6 is 31.9 Å². The Balaban J connectivity index is 0.000000179. The molecule has 0 spiro atoms. The number of imidazole rings is 2. The van der Waals surface area contributed by atoms with E-state index in [-0.39, 0.29) is 0 Å². The van der Waals surface area contributed by atoms with E-state index >= 15 is 0 Å². The maximum atomic E-state index is 12.6. The number of rotatable bonds is 14. The topological polar surface area (TPSA) is 112 Å². The van der Waals surface area contributed by atoms with Crippen LogP contribution in [0.1, 0.15) is 62.3 Å². The Bertz CT molecular complexity index is 2770. The molecule has 306 valence electrons. The van der Waals surface area contributed by atoms with Gasteiger partial charge in [-0.25, -0.2) is 9.97 Å². The van der Waals surface area contributed by atoms with E-state index in [0.29, 0.717) is 24.1 Å². The molecule has 8 aromatic rings. The number of methoxy groups -OCH3 is 4. The number of fused-ring (bicyclic) bond motifs is 6. The minimum atomic E-state index is 0.594. The molecular formula is C46H48Br2N6O5. The van der Waals surface area contributed by atoms with Crippen molar-refractivity contribution in [2.45, 2.75) is 65.5 Å². The van der Waals surface area contributed by atoms with Gasteiger partial charge in [-0.2, -0.15) is 4.73 Å². The van der Waals surface area contributed by atoms with Crippen molar-refractivity contribution in [3.05, 3.63) is 122 Å². The first kappa shape index (κ1) is 41.7. The standard InChI is InChI=1S/C23H24BrN3O3.C23H24BrN3O2/c1-4-5-6-22-25-19-14-27(28)20-11-16(24)8-10-18(20)23(19)26(22)13-15-7-9-17(29-2)12-21(15)30-3;1-4-5-6-22-26-20-13-25-19-11-16(24)8-10-18(19)23(20)27(22)14-15-7-9-17(28-2)12-21(15)29-3/h7-12,14H,4-6,13H2,1-3H3;7-13H,4-6,14H2,1-3H3. The molecule has 0 aliphatic heterocycles. The summed E-state index contributed by atoms with van der Waals surface area (Å²) in [4.78, 5) is 14.4. The summed E-state index contributed by atoms with van der Waals surface area (Å²) < 4.78 is 29.3. The quantitative estimate of drug-likeness (QED) is 0.0783. The molecule has 0 aliphatic rings. The second-order valence-corrected chi connectivity index (χ2v) is 16.1. The molecule has 0 unspecified atom stereocenters. The molecule has 0 amide bonds. The lowest BCUT2D eigenvalue weighted by molar-refractivity contribution is -0.575. The van der Waals surface area contributed by atoms with Gasteiger partial charge in [0, 0.05) is 56.5 Å². The second kappa shape index (κ2) is 18.7. The normalized spacial score (nSPS) is 11.3. The van der Waals surface area contributed by atoms with Gasteiger partial charge in [-0.3, -0.25) is 4.98 Å². The van der Waals surface area contributed by atoms with Crippen LogP contribution in [0, 0.1) is 5.21 Å². The van der Waals surface area contributed by atoms with E-state index in [4.69, 9.17) is 28.9 Å². The van der Waals surface area contributed by atoms with Gasteiger partial charge >= 0.3 is 0 Å². The maximum Gasteiger partial charge on any atom is 0.227 e. The summed E-state index contributed by atoms with van der Waals surface area (Å²) in [5.74, 6) is 5.16.